The van der Waals surface area contributed by atoms with Crippen LogP contribution in [0.5, 0.6) is 0 Å². The Hall–Kier alpha value is -1.52. The molecule has 0 fully saturated rings. The molecular formula is C36H46CaO6S2. The molecule has 0 aliphatic heterocycles. The van der Waals surface area contributed by atoms with Crippen molar-refractivity contribution in [2.75, 3.05) is 0 Å². The van der Waals surface area contributed by atoms with Gasteiger partial charge in [0.2, 0.25) is 0 Å². The van der Waals surface area contributed by atoms with E-state index >= 15 is 0 Å². The van der Waals surface area contributed by atoms with Crippen molar-refractivity contribution in [1.29, 1.82) is 0 Å². The van der Waals surface area contributed by atoms with Crippen LogP contribution in [0.25, 0.3) is 21.5 Å². The van der Waals surface area contributed by atoms with E-state index in [1.807, 2.05) is 36.4 Å². The molecule has 0 unspecified atom stereocenters. The molecule has 0 N–H and O–H groups in total. The predicted octanol–water partition coefficient (Wildman–Crippen LogP) is 8.48. The molecule has 9 heteroatoms. The number of aryl methyl sites for hydroxylation is 4. The Morgan fingerprint density at radius 1 is 0.467 bits per heavy atom. The van der Waals surface area contributed by atoms with Crippen LogP contribution in [-0.2, 0) is 45.9 Å². The minimum atomic E-state index is -4.48. The summed E-state index contributed by atoms with van der Waals surface area (Å²) in [4.78, 5) is -0.0337. The summed E-state index contributed by atoms with van der Waals surface area (Å²) in [5.41, 5.74) is 3.66. The van der Waals surface area contributed by atoms with Crippen molar-refractivity contribution in [3.8, 4) is 0 Å². The summed E-state index contributed by atoms with van der Waals surface area (Å²) in [5.74, 6) is 0. The first-order valence-electron chi connectivity index (χ1n) is 16.0. The standard InChI is InChI=1S/2C18H24O3S.Ca/c2*1-3-5-9-14-13-15(10-6-4-2)18(22(19,20)21)17-12-8-7-11-16(14)17;/h2*7-8,11-13H,3-6,9-10H2,1-2H3,(H,19,20,21);/q;;+2/p-2. The zero-order chi connectivity index (χ0) is 32.3. The SMILES string of the molecule is CCCCc1cc(CCCC)c2ccccc2c1S(=O)(=O)[O-].CCCCc1cc(CCCC)c2ccccc2c1S(=O)(=O)[O-].[Ca+2]. The van der Waals surface area contributed by atoms with Crippen molar-refractivity contribution in [3.63, 3.8) is 0 Å². The molecule has 0 heterocycles. The number of hydrogen-bond donors (Lipinski definition) is 0. The summed E-state index contributed by atoms with van der Waals surface area (Å²) in [6, 6.07) is 18.6. The van der Waals surface area contributed by atoms with Crippen LogP contribution < -0.4 is 0 Å². The van der Waals surface area contributed by atoms with E-state index in [1.54, 1.807) is 24.3 Å². The minimum absolute atomic E-state index is 0. The van der Waals surface area contributed by atoms with E-state index in [0.717, 1.165) is 86.1 Å². The average Bonchev–Trinajstić information content (AvgIpc) is 2.99. The maximum absolute atomic E-state index is 11.8. The fourth-order valence-electron chi connectivity index (χ4n) is 5.82. The Morgan fingerprint density at radius 2 is 0.733 bits per heavy atom. The first-order valence-corrected chi connectivity index (χ1v) is 18.8. The van der Waals surface area contributed by atoms with Gasteiger partial charge < -0.3 is 9.11 Å². The maximum Gasteiger partial charge on any atom is 2.00 e. The van der Waals surface area contributed by atoms with Crippen LogP contribution in [0.3, 0.4) is 0 Å². The molecule has 45 heavy (non-hydrogen) atoms. The van der Waals surface area contributed by atoms with Gasteiger partial charge >= 0.3 is 37.7 Å². The number of unbranched alkanes of at least 4 members (excludes halogenated alkanes) is 4. The second kappa shape index (κ2) is 18.7. The Morgan fingerprint density at radius 3 is 1.00 bits per heavy atom. The first kappa shape index (κ1) is 39.7. The van der Waals surface area contributed by atoms with E-state index in [4.69, 9.17) is 0 Å². The average molecular weight is 679 g/mol. The summed E-state index contributed by atoms with van der Waals surface area (Å²) in [5, 5.41) is 2.95. The van der Waals surface area contributed by atoms with Gasteiger partial charge in [0.1, 0.15) is 20.2 Å². The van der Waals surface area contributed by atoms with Gasteiger partial charge in [-0.15, -0.1) is 0 Å². The second-order valence-corrected chi connectivity index (χ2v) is 14.1. The molecule has 0 bridgehead atoms. The maximum atomic E-state index is 11.8. The van der Waals surface area contributed by atoms with E-state index in [9.17, 15) is 25.9 Å². The van der Waals surface area contributed by atoms with Gasteiger partial charge in [0, 0.05) is 0 Å². The molecule has 0 saturated heterocycles. The second-order valence-electron chi connectivity index (χ2n) is 11.5. The number of rotatable bonds is 14. The van der Waals surface area contributed by atoms with Crippen molar-refractivity contribution >= 4 is 79.5 Å². The molecular weight excluding hydrogens is 633 g/mol. The van der Waals surface area contributed by atoms with E-state index < -0.39 is 20.2 Å². The first-order chi connectivity index (χ1) is 21.0. The number of hydrogen-bond acceptors (Lipinski definition) is 6. The molecule has 0 aromatic heterocycles. The molecule has 0 amide bonds. The van der Waals surface area contributed by atoms with Gasteiger partial charge in [-0.3, -0.25) is 0 Å². The molecule has 6 nitrogen and oxygen atoms in total. The molecule has 0 saturated carbocycles. The Kier molecular flexibility index (Phi) is 16.5. The van der Waals surface area contributed by atoms with Gasteiger partial charge in [-0.05, 0) is 95.2 Å². The summed E-state index contributed by atoms with van der Waals surface area (Å²) >= 11 is 0. The predicted molar refractivity (Wildman–Crippen MR) is 184 cm³/mol. The monoisotopic (exact) mass is 678 g/mol. The fraction of sp³-hybridized carbons (Fsp3) is 0.444. The van der Waals surface area contributed by atoms with E-state index in [1.165, 1.54) is 0 Å². The molecule has 0 aliphatic rings. The van der Waals surface area contributed by atoms with Crippen LogP contribution in [0.4, 0.5) is 0 Å². The fourth-order valence-corrected chi connectivity index (χ4v) is 7.68. The van der Waals surface area contributed by atoms with E-state index in [-0.39, 0.29) is 47.5 Å². The van der Waals surface area contributed by atoms with Crippen LogP contribution >= 0.6 is 0 Å². The molecule has 4 rings (SSSR count). The Bertz CT molecular complexity index is 1630. The van der Waals surface area contributed by atoms with Gasteiger partial charge in [-0.25, -0.2) is 16.8 Å². The molecule has 240 valence electrons. The molecule has 0 spiro atoms. The zero-order valence-electron chi connectivity index (χ0n) is 27.2. The summed E-state index contributed by atoms with van der Waals surface area (Å²) in [6.45, 7) is 8.39. The largest absolute Gasteiger partial charge is 2.00 e. The van der Waals surface area contributed by atoms with Crippen molar-refractivity contribution < 1.29 is 25.9 Å². The smallest absolute Gasteiger partial charge is 0.744 e. The Balaban J connectivity index is 0.000000307. The molecule has 4 aromatic carbocycles. The van der Waals surface area contributed by atoms with Gasteiger partial charge in [0.25, 0.3) is 0 Å². The van der Waals surface area contributed by atoms with Crippen molar-refractivity contribution in [2.45, 2.75) is 115 Å². The van der Waals surface area contributed by atoms with Crippen molar-refractivity contribution in [3.05, 3.63) is 82.9 Å². The van der Waals surface area contributed by atoms with Gasteiger partial charge in [0.05, 0.1) is 9.79 Å². The van der Waals surface area contributed by atoms with Crippen molar-refractivity contribution in [1.82, 2.24) is 0 Å². The van der Waals surface area contributed by atoms with Gasteiger partial charge in [0.15, 0.2) is 0 Å². The third-order valence-electron chi connectivity index (χ3n) is 8.01. The number of fused-ring (bicyclic) bond motifs is 2. The van der Waals surface area contributed by atoms with Crippen LogP contribution in [0.1, 0.15) is 101 Å². The quantitative estimate of drug-likeness (QED) is 0.0976. The Labute approximate surface area is 300 Å². The molecule has 0 atom stereocenters. The molecule has 0 radical (unpaired) electrons. The van der Waals surface area contributed by atoms with E-state index in [2.05, 4.69) is 27.7 Å². The van der Waals surface area contributed by atoms with Gasteiger partial charge in [-0.1, -0.05) is 114 Å². The normalized spacial score (nSPS) is 11.7. The molecule has 0 aliphatic carbocycles. The summed E-state index contributed by atoms with van der Waals surface area (Å²) in [6.07, 6.45) is 11.1. The minimum Gasteiger partial charge on any atom is -0.744 e. The van der Waals surface area contributed by atoms with Crippen LogP contribution in [0.15, 0.2) is 70.5 Å². The number of benzene rings is 4. The third-order valence-corrected chi connectivity index (χ3v) is 9.98. The third kappa shape index (κ3) is 10.7. The van der Waals surface area contributed by atoms with E-state index in [0.29, 0.717) is 34.7 Å². The van der Waals surface area contributed by atoms with Crippen LogP contribution in [0, 0.1) is 0 Å². The van der Waals surface area contributed by atoms with Gasteiger partial charge in [-0.2, -0.15) is 0 Å². The summed E-state index contributed by atoms with van der Waals surface area (Å²) in [7, 11) is -8.96. The van der Waals surface area contributed by atoms with Crippen LogP contribution in [-0.4, -0.2) is 63.7 Å². The summed E-state index contributed by atoms with van der Waals surface area (Å²) < 4.78 is 70.8. The van der Waals surface area contributed by atoms with Crippen LogP contribution in [0.2, 0.25) is 0 Å². The topological polar surface area (TPSA) is 114 Å². The zero-order valence-corrected chi connectivity index (χ0v) is 31.1. The molecule has 4 aromatic rings. The van der Waals surface area contributed by atoms with Crippen molar-refractivity contribution in [2.24, 2.45) is 0 Å².